The Bertz CT molecular complexity index is 923. The molecule has 0 atom stereocenters. The van der Waals surface area contributed by atoms with E-state index in [1.165, 1.54) is 6.07 Å². The molecule has 0 radical (unpaired) electrons. The quantitative estimate of drug-likeness (QED) is 0.772. The predicted molar refractivity (Wildman–Crippen MR) is 85.8 cm³/mol. The molecule has 0 unspecified atom stereocenters. The van der Waals surface area contributed by atoms with Gasteiger partial charge in [-0.25, -0.2) is 4.98 Å². The molecule has 0 aliphatic carbocycles. The molecule has 0 aliphatic rings. The van der Waals surface area contributed by atoms with Crippen LogP contribution in [-0.4, -0.2) is 26.9 Å². The van der Waals surface area contributed by atoms with Crippen molar-refractivity contribution in [2.24, 2.45) is 0 Å². The zero-order valence-corrected chi connectivity index (χ0v) is 13.1. The lowest BCUT2D eigenvalue weighted by Crippen LogP contribution is -2.09. The van der Waals surface area contributed by atoms with E-state index in [0.717, 1.165) is 0 Å². The van der Waals surface area contributed by atoms with Crippen molar-refractivity contribution in [2.75, 3.05) is 0 Å². The molecule has 1 aromatic carbocycles. The number of carbonyl (C=O) groups excluding carboxylic acids is 1. The Kier molecular flexibility index (Phi) is 5.44. The molecule has 0 aliphatic heterocycles. The Morgan fingerprint density at radius 3 is 2.40 bits per heavy atom. The zero-order chi connectivity index (χ0) is 18.4. The molecule has 0 saturated carbocycles. The van der Waals surface area contributed by atoms with Crippen LogP contribution in [0.5, 0.6) is 5.75 Å². The second kappa shape index (κ2) is 7.71. The van der Waals surface area contributed by atoms with Gasteiger partial charge in [0.25, 0.3) is 0 Å². The molecular formula is C18H13N3O4. The van der Waals surface area contributed by atoms with Gasteiger partial charge in [-0.2, -0.15) is 10.5 Å². The lowest BCUT2D eigenvalue weighted by Gasteiger charge is -2.09. The molecule has 2 aromatic rings. The van der Waals surface area contributed by atoms with Crippen LogP contribution in [0.2, 0.25) is 0 Å². The number of aromatic hydroxyl groups is 1. The molecule has 25 heavy (non-hydrogen) atoms. The molecule has 0 bridgehead atoms. The number of ketones is 1. The van der Waals surface area contributed by atoms with Crippen molar-refractivity contribution >= 4 is 11.8 Å². The zero-order valence-electron chi connectivity index (χ0n) is 13.1. The fourth-order valence-corrected chi connectivity index (χ4v) is 2.28. The Labute approximate surface area is 143 Å². The van der Waals surface area contributed by atoms with Gasteiger partial charge in [-0.1, -0.05) is 18.2 Å². The van der Waals surface area contributed by atoms with E-state index >= 15 is 0 Å². The van der Waals surface area contributed by atoms with E-state index in [-0.39, 0.29) is 24.1 Å². The summed E-state index contributed by atoms with van der Waals surface area (Å²) in [5.74, 6) is -2.37. The fraction of sp³-hybridized carbons (Fsp3) is 0.167. The van der Waals surface area contributed by atoms with E-state index in [2.05, 4.69) is 11.1 Å². The van der Waals surface area contributed by atoms with Crippen molar-refractivity contribution in [1.29, 1.82) is 10.5 Å². The van der Waals surface area contributed by atoms with Gasteiger partial charge in [-0.15, -0.1) is 0 Å². The van der Waals surface area contributed by atoms with Gasteiger partial charge in [0.2, 0.25) is 0 Å². The molecule has 7 nitrogen and oxygen atoms in total. The molecule has 124 valence electrons. The van der Waals surface area contributed by atoms with Gasteiger partial charge in [-0.3, -0.25) is 9.59 Å². The first-order chi connectivity index (χ1) is 12.0. The van der Waals surface area contributed by atoms with E-state index in [0.29, 0.717) is 16.8 Å². The summed E-state index contributed by atoms with van der Waals surface area (Å²) in [4.78, 5) is 26.8. The van der Waals surface area contributed by atoms with Crippen LogP contribution in [0.4, 0.5) is 0 Å². The third-order valence-corrected chi connectivity index (χ3v) is 3.51. The van der Waals surface area contributed by atoms with Crippen LogP contribution in [0.25, 0.3) is 0 Å². The number of Topliss-reactive ketones (excluding diaryl/α,β-unsaturated/α-hetero) is 1. The second-order valence-corrected chi connectivity index (χ2v) is 5.23. The maximum Gasteiger partial charge on any atom is 0.303 e. The van der Waals surface area contributed by atoms with Gasteiger partial charge in [0.1, 0.15) is 11.8 Å². The number of carbonyl (C=O) groups is 2. The largest absolute Gasteiger partial charge is 0.504 e. The van der Waals surface area contributed by atoms with Crippen LogP contribution in [0.1, 0.15) is 45.7 Å². The number of nitrogens with zero attached hydrogens (tertiary/aromatic N) is 3. The van der Waals surface area contributed by atoms with E-state index in [4.69, 9.17) is 15.6 Å². The number of nitriles is 2. The van der Waals surface area contributed by atoms with Crippen LogP contribution < -0.4 is 0 Å². The van der Waals surface area contributed by atoms with E-state index < -0.39 is 23.9 Å². The van der Waals surface area contributed by atoms with Gasteiger partial charge in [0.05, 0.1) is 23.6 Å². The highest BCUT2D eigenvalue weighted by molar-refractivity contribution is 5.98. The first-order valence-corrected chi connectivity index (χ1v) is 7.32. The number of hydrogen-bond acceptors (Lipinski definition) is 6. The first kappa shape index (κ1) is 17.6. The summed E-state index contributed by atoms with van der Waals surface area (Å²) in [6, 6.07) is 12.0. The highest BCUT2D eigenvalue weighted by Crippen LogP contribution is 2.24. The van der Waals surface area contributed by atoms with Crippen LogP contribution in [0.3, 0.4) is 0 Å². The van der Waals surface area contributed by atoms with E-state index in [1.807, 2.05) is 0 Å². The topological polar surface area (TPSA) is 135 Å². The lowest BCUT2D eigenvalue weighted by molar-refractivity contribution is -0.136. The number of aromatic nitrogens is 1. The van der Waals surface area contributed by atoms with E-state index in [1.54, 1.807) is 30.3 Å². The number of carboxylic acids is 1. The molecule has 2 N–H and O–H groups in total. The van der Waals surface area contributed by atoms with Crippen molar-refractivity contribution in [1.82, 2.24) is 4.98 Å². The molecule has 0 spiro atoms. The number of benzene rings is 1. The molecule has 1 aromatic heterocycles. The third kappa shape index (κ3) is 4.18. The molecule has 2 rings (SSSR count). The minimum atomic E-state index is -1.15. The summed E-state index contributed by atoms with van der Waals surface area (Å²) in [5.41, 5.74) is 0.976. The standard InChI is InChI=1S/C18H13N3O4/c19-9-12-4-2-1-3-11(12)7-14-8-13(10-20)18(25)17(21-14)15(22)5-6-16(23)24/h1-4,8,25H,5-7H2,(H,23,24). The molecule has 0 amide bonds. The summed E-state index contributed by atoms with van der Waals surface area (Å²) in [6.45, 7) is 0. The summed E-state index contributed by atoms with van der Waals surface area (Å²) in [7, 11) is 0. The Morgan fingerprint density at radius 1 is 1.08 bits per heavy atom. The van der Waals surface area contributed by atoms with Gasteiger partial charge < -0.3 is 10.2 Å². The number of rotatable bonds is 6. The van der Waals surface area contributed by atoms with Crippen LogP contribution >= 0.6 is 0 Å². The maximum absolute atomic E-state index is 12.1. The SMILES string of the molecule is N#Cc1ccccc1Cc1cc(C#N)c(O)c(C(=O)CCC(=O)O)n1. The molecule has 0 fully saturated rings. The summed E-state index contributed by atoms with van der Waals surface area (Å²) >= 11 is 0. The van der Waals surface area contributed by atoms with Crippen molar-refractivity contribution in [3.8, 4) is 17.9 Å². The van der Waals surface area contributed by atoms with Crippen LogP contribution in [0, 0.1) is 22.7 Å². The second-order valence-electron chi connectivity index (χ2n) is 5.23. The van der Waals surface area contributed by atoms with E-state index in [9.17, 15) is 14.7 Å². The van der Waals surface area contributed by atoms with Gasteiger partial charge in [0, 0.05) is 18.5 Å². The molecule has 1 heterocycles. The number of hydrogen-bond donors (Lipinski definition) is 2. The minimum absolute atomic E-state index is 0.127. The molecule has 7 heteroatoms. The average molecular weight is 335 g/mol. The summed E-state index contributed by atoms with van der Waals surface area (Å²) < 4.78 is 0. The monoisotopic (exact) mass is 335 g/mol. The highest BCUT2D eigenvalue weighted by Gasteiger charge is 2.19. The summed E-state index contributed by atoms with van der Waals surface area (Å²) in [6.07, 6.45) is -0.541. The van der Waals surface area contributed by atoms with Gasteiger partial charge in [0.15, 0.2) is 11.5 Å². The molecular weight excluding hydrogens is 322 g/mol. The van der Waals surface area contributed by atoms with Crippen LogP contribution in [-0.2, 0) is 11.2 Å². The van der Waals surface area contributed by atoms with Gasteiger partial charge >= 0.3 is 5.97 Å². The Balaban J connectivity index is 2.41. The number of carboxylic acid groups (broad SMARTS) is 1. The predicted octanol–water partition coefficient (Wildman–Crippen LogP) is 2.17. The highest BCUT2D eigenvalue weighted by atomic mass is 16.4. The van der Waals surface area contributed by atoms with Crippen LogP contribution in [0.15, 0.2) is 30.3 Å². The normalized spacial score (nSPS) is 9.84. The van der Waals surface area contributed by atoms with Crippen molar-refractivity contribution < 1.29 is 19.8 Å². The Hall–Kier alpha value is -3.71. The van der Waals surface area contributed by atoms with Crippen molar-refractivity contribution in [2.45, 2.75) is 19.3 Å². The molecule has 0 saturated heterocycles. The Morgan fingerprint density at radius 2 is 1.76 bits per heavy atom. The number of pyridine rings is 1. The summed E-state index contributed by atoms with van der Waals surface area (Å²) in [5, 5.41) is 37.0. The number of aliphatic carboxylic acids is 1. The fourth-order valence-electron chi connectivity index (χ4n) is 2.28. The van der Waals surface area contributed by atoms with Crippen molar-refractivity contribution in [3.63, 3.8) is 0 Å². The average Bonchev–Trinajstić information content (AvgIpc) is 2.61. The lowest BCUT2D eigenvalue weighted by atomic mass is 10.0. The first-order valence-electron chi connectivity index (χ1n) is 7.32. The third-order valence-electron chi connectivity index (χ3n) is 3.51. The smallest absolute Gasteiger partial charge is 0.303 e. The van der Waals surface area contributed by atoms with Crippen molar-refractivity contribution in [3.05, 3.63) is 58.4 Å². The van der Waals surface area contributed by atoms with Gasteiger partial charge in [-0.05, 0) is 17.7 Å². The minimum Gasteiger partial charge on any atom is -0.504 e. The maximum atomic E-state index is 12.1.